The summed E-state index contributed by atoms with van der Waals surface area (Å²) in [5, 5.41) is 0. The Morgan fingerprint density at radius 1 is 1.10 bits per heavy atom. The first-order chi connectivity index (χ1) is 10.1. The van der Waals surface area contributed by atoms with Crippen LogP contribution in [0.3, 0.4) is 0 Å². The Bertz CT molecular complexity index is 601. The van der Waals surface area contributed by atoms with Gasteiger partial charge in [0.15, 0.2) is 0 Å². The van der Waals surface area contributed by atoms with Crippen molar-refractivity contribution in [1.29, 1.82) is 0 Å². The quantitative estimate of drug-likeness (QED) is 0.878. The summed E-state index contributed by atoms with van der Waals surface area (Å²) in [6, 6.07) is 11.1. The Morgan fingerprint density at radius 3 is 2.57 bits per heavy atom. The fourth-order valence-corrected chi connectivity index (χ4v) is 2.03. The van der Waals surface area contributed by atoms with Crippen LogP contribution in [0.2, 0.25) is 0 Å². The first-order valence-corrected chi connectivity index (χ1v) is 7.00. The molecule has 4 heteroatoms. The van der Waals surface area contributed by atoms with Crippen molar-refractivity contribution in [3.8, 4) is 5.75 Å². The SMILES string of the molecule is CCC(N)Cc1ccccc1OCc1ccc(F)cc1F. The lowest BCUT2D eigenvalue weighted by Crippen LogP contribution is -2.21. The third-order valence-corrected chi connectivity index (χ3v) is 3.38. The molecule has 0 saturated heterocycles. The van der Waals surface area contributed by atoms with E-state index in [0.29, 0.717) is 17.7 Å². The van der Waals surface area contributed by atoms with Crippen LogP contribution in [0.25, 0.3) is 0 Å². The van der Waals surface area contributed by atoms with E-state index in [4.69, 9.17) is 10.5 Å². The van der Waals surface area contributed by atoms with Gasteiger partial charge >= 0.3 is 0 Å². The van der Waals surface area contributed by atoms with Gasteiger partial charge in [-0.1, -0.05) is 25.1 Å². The van der Waals surface area contributed by atoms with E-state index >= 15 is 0 Å². The summed E-state index contributed by atoms with van der Waals surface area (Å²) in [5.41, 5.74) is 7.28. The molecule has 1 atom stereocenters. The van der Waals surface area contributed by atoms with Crippen LogP contribution in [0.5, 0.6) is 5.75 Å². The predicted molar refractivity (Wildman–Crippen MR) is 79.1 cm³/mol. The Labute approximate surface area is 123 Å². The smallest absolute Gasteiger partial charge is 0.132 e. The molecule has 0 aromatic heterocycles. The standard InChI is InChI=1S/C17H19F2NO/c1-2-15(20)9-12-5-3-4-6-17(12)21-11-13-7-8-14(18)10-16(13)19/h3-8,10,15H,2,9,11,20H2,1H3. The highest BCUT2D eigenvalue weighted by Crippen LogP contribution is 2.22. The molecule has 0 radical (unpaired) electrons. The van der Waals surface area contributed by atoms with Crippen LogP contribution in [-0.2, 0) is 13.0 Å². The highest BCUT2D eigenvalue weighted by atomic mass is 19.1. The molecule has 0 aliphatic rings. The second-order valence-electron chi connectivity index (χ2n) is 5.00. The highest BCUT2D eigenvalue weighted by molar-refractivity contribution is 5.34. The lowest BCUT2D eigenvalue weighted by Gasteiger charge is -2.14. The number of ether oxygens (including phenoxy) is 1. The molecule has 0 heterocycles. The van der Waals surface area contributed by atoms with E-state index in [1.165, 1.54) is 12.1 Å². The number of benzene rings is 2. The molecule has 21 heavy (non-hydrogen) atoms. The lowest BCUT2D eigenvalue weighted by molar-refractivity contribution is 0.295. The number of para-hydroxylation sites is 1. The van der Waals surface area contributed by atoms with E-state index in [0.717, 1.165) is 18.1 Å². The molecule has 0 spiro atoms. The first kappa shape index (κ1) is 15.4. The van der Waals surface area contributed by atoms with Gasteiger partial charge in [0, 0.05) is 17.7 Å². The Balaban J connectivity index is 2.09. The molecular formula is C17H19F2NO. The summed E-state index contributed by atoms with van der Waals surface area (Å²) < 4.78 is 32.1. The number of hydrogen-bond donors (Lipinski definition) is 1. The molecule has 0 saturated carbocycles. The topological polar surface area (TPSA) is 35.2 Å². The molecule has 2 aromatic rings. The van der Waals surface area contributed by atoms with Crippen LogP contribution >= 0.6 is 0 Å². The van der Waals surface area contributed by atoms with Crippen molar-refractivity contribution in [2.24, 2.45) is 5.73 Å². The Morgan fingerprint density at radius 2 is 1.86 bits per heavy atom. The maximum Gasteiger partial charge on any atom is 0.132 e. The first-order valence-electron chi connectivity index (χ1n) is 7.00. The number of nitrogens with two attached hydrogens (primary N) is 1. The average molecular weight is 291 g/mol. The van der Waals surface area contributed by atoms with Gasteiger partial charge in [0.25, 0.3) is 0 Å². The zero-order valence-electron chi connectivity index (χ0n) is 12.0. The third kappa shape index (κ3) is 4.26. The monoisotopic (exact) mass is 291 g/mol. The molecule has 2 aromatic carbocycles. The van der Waals surface area contributed by atoms with Crippen molar-refractivity contribution in [2.75, 3.05) is 0 Å². The van der Waals surface area contributed by atoms with E-state index in [2.05, 4.69) is 0 Å². The maximum atomic E-state index is 13.6. The molecule has 2 nitrogen and oxygen atoms in total. The van der Waals surface area contributed by atoms with Gasteiger partial charge in [-0.05, 0) is 36.6 Å². The molecule has 0 aliphatic heterocycles. The maximum absolute atomic E-state index is 13.6. The molecule has 0 fully saturated rings. The van der Waals surface area contributed by atoms with E-state index in [9.17, 15) is 8.78 Å². The molecule has 0 bridgehead atoms. The van der Waals surface area contributed by atoms with E-state index in [-0.39, 0.29) is 12.6 Å². The van der Waals surface area contributed by atoms with Gasteiger partial charge in [-0.2, -0.15) is 0 Å². The summed E-state index contributed by atoms with van der Waals surface area (Å²) in [4.78, 5) is 0. The minimum atomic E-state index is -0.599. The summed E-state index contributed by atoms with van der Waals surface area (Å²) in [5.74, 6) is -0.506. The van der Waals surface area contributed by atoms with Crippen LogP contribution in [-0.4, -0.2) is 6.04 Å². The van der Waals surface area contributed by atoms with Crippen LogP contribution in [0, 0.1) is 11.6 Å². The fraction of sp³-hybridized carbons (Fsp3) is 0.294. The van der Waals surface area contributed by atoms with Crippen LogP contribution < -0.4 is 10.5 Å². The van der Waals surface area contributed by atoms with Crippen molar-refractivity contribution in [1.82, 2.24) is 0 Å². The number of hydrogen-bond acceptors (Lipinski definition) is 2. The van der Waals surface area contributed by atoms with E-state index < -0.39 is 11.6 Å². The zero-order valence-corrected chi connectivity index (χ0v) is 12.0. The van der Waals surface area contributed by atoms with Crippen molar-refractivity contribution in [3.05, 3.63) is 65.2 Å². The minimum Gasteiger partial charge on any atom is -0.489 e. The fourth-order valence-electron chi connectivity index (χ4n) is 2.03. The summed E-state index contributed by atoms with van der Waals surface area (Å²) >= 11 is 0. The van der Waals surface area contributed by atoms with E-state index in [1.54, 1.807) is 0 Å². The minimum absolute atomic E-state index is 0.0600. The molecular weight excluding hydrogens is 272 g/mol. The average Bonchev–Trinajstić information content (AvgIpc) is 2.47. The molecule has 0 amide bonds. The normalized spacial score (nSPS) is 12.2. The van der Waals surface area contributed by atoms with E-state index in [1.807, 2.05) is 31.2 Å². The lowest BCUT2D eigenvalue weighted by atomic mass is 10.0. The van der Waals surface area contributed by atoms with Gasteiger partial charge in [0.2, 0.25) is 0 Å². The van der Waals surface area contributed by atoms with Gasteiger partial charge in [-0.25, -0.2) is 8.78 Å². The third-order valence-electron chi connectivity index (χ3n) is 3.38. The summed E-state index contributed by atoms with van der Waals surface area (Å²) in [6.45, 7) is 2.09. The van der Waals surface area contributed by atoms with Gasteiger partial charge in [0.05, 0.1) is 0 Å². The Hall–Kier alpha value is -1.94. The highest BCUT2D eigenvalue weighted by Gasteiger charge is 2.09. The van der Waals surface area contributed by atoms with Gasteiger partial charge in [-0.15, -0.1) is 0 Å². The zero-order chi connectivity index (χ0) is 15.2. The predicted octanol–water partition coefficient (Wildman–Crippen LogP) is 3.82. The Kier molecular flexibility index (Phi) is 5.28. The molecule has 0 aliphatic carbocycles. The second kappa shape index (κ2) is 7.18. The van der Waals surface area contributed by atoms with Crippen molar-refractivity contribution in [2.45, 2.75) is 32.4 Å². The van der Waals surface area contributed by atoms with Gasteiger partial charge < -0.3 is 10.5 Å². The molecule has 2 N–H and O–H groups in total. The van der Waals surface area contributed by atoms with Crippen LogP contribution in [0.15, 0.2) is 42.5 Å². The van der Waals surface area contributed by atoms with Crippen LogP contribution in [0.4, 0.5) is 8.78 Å². The second-order valence-corrected chi connectivity index (χ2v) is 5.00. The number of rotatable bonds is 6. The largest absolute Gasteiger partial charge is 0.489 e. The molecule has 1 unspecified atom stereocenters. The van der Waals surface area contributed by atoms with Crippen LogP contribution in [0.1, 0.15) is 24.5 Å². The van der Waals surface area contributed by atoms with Crippen molar-refractivity contribution < 1.29 is 13.5 Å². The van der Waals surface area contributed by atoms with Crippen molar-refractivity contribution >= 4 is 0 Å². The van der Waals surface area contributed by atoms with Gasteiger partial charge in [-0.3, -0.25) is 0 Å². The summed E-state index contributed by atoms with van der Waals surface area (Å²) in [7, 11) is 0. The number of halogens is 2. The molecule has 112 valence electrons. The van der Waals surface area contributed by atoms with Crippen molar-refractivity contribution in [3.63, 3.8) is 0 Å². The van der Waals surface area contributed by atoms with Gasteiger partial charge in [0.1, 0.15) is 24.0 Å². The summed E-state index contributed by atoms with van der Waals surface area (Å²) in [6.07, 6.45) is 1.58. The molecule has 2 rings (SSSR count).